The molecule has 0 aromatic heterocycles. The van der Waals surface area contributed by atoms with Gasteiger partial charge in [0.2, 0.25) is 0 Å². The molecule has 25 heavy (non-hydrogen) atoms. The third kappa shape index (κ3) is 4.77. The first-order chi connectivity index (χ1) is 11.9. The van der Waals surface area contributed by atoms with Crippen molar-refractivity contribution in [2.24, 2.45) is 0 Å². The average molecular weight is 375 g/mol. The van der Waals surface area contributed by atoms with Crippen LogP contribution in [-0.4, -0.2) is 25.5 Å². The van der Waals surface area contributed by atoms with Gasteiger partial charge in [-0.05, 0) is 61.5 Å². The maximum atomic E-state index is 12.3. The smallest absolute Gasteiger partial charge is 0.264 e. The summed E-state index contributed by atoms with van der Waals surface area (Å²) in [6.07, 6.45) is 2.22. The molecule has 2 aromatic carbocycles. The highest BCUT2D eigenvalue weighted by atomic mass is 32.2. The van der Waals surface area contributed by atoms with Crippen LogP contribution in [0.15, 0.2) is 59.5 Å². The van der Waals surface area contributed by atoms with E-state index in [-0.39, 0.29) is 10.5 Å². The third-order valence-corrected chi connectivity index (χ3v) is 5.16. The predicted molar refractivity (Wildman–Crippen MR) is 99.9 cm³/mol. The summed E-state index contributed by atoms with van der Waals surface area (Å²) < 4.78 is 26.7. The van der Waals surface area contributed by atoms with E-state index in [1.54, 1.807) is 42.5 Å². The van der Waals surface area contributed by atoms with Gasteiger partial charge < -0.3 is 10.6 Å². The Morgan fingerprint density at radius 3 is 2.24 bits per heavy atom. The van der Waals surface area contributed by atoms with Gasteiger partial charge >= 0.3 is 0 Å². The molecule has 0 heterocycles. The minimum Gasteiger partial charge on any atom is -0.360 e. The summed E-state index contributed by atoms with van der Waals surface area (Å²) >= 11 is 5.17. The first kappa shape index (κ1) is 17.4. The number of carbonyl (C=O) groups excluding carboxylic acids is 1. The van der Waals surface area contributed by atoms with Crippen LogP contribution in [0.3, 0.4) is 0 Å². The zero-order chi connectivity index (χ0) is 17.9. The molecule has 2 aromatic rings. The second-order valence-corrected chi connectivity index (χ2v) is 7.79. The molecule has 6 nitrogen and oxygen atoms in total. The van der Waals surface area contributed by atoms with Crippen LogP contribution in [-0.2, 0) is 10.0 Å². The van der Waals surface area contributed by atoms with Crippen molar-refractivity contribution in [3.8, 4) is 0 Å². The summed E-state index contributed by atoms with van der Waals surface area (Å²) in [6, 6.07) is 14.7. The van der Waals surface area contributed by atoms with Gasteiger partial charge in [0.25, 0.3) is 15.9 Å². The van der Waals surface area contributed by atoms with Crippen molar-refractivity contribution < 1.29 is 13.2 Å². The maximum absolute atomic E-state index is 12.3. The first-order valence-electron chi connectivity index (χ1n) is 7.74. The molecular weight excluding hydrogens is 358 g/mol. The van der Waals surface area contributed by atoms with Crippen molar-refractivity contribution in [2.45, 2.75) is 23.8 Å². The molecule has 0 bridgehead atoms. The quantitative estimate of drug-likeness (QED) is 0.695. The highest BCUT2D eigenvalue weighted by Gasteiger charge is 2.22. The number of carbonyl (C=O) groups is 1. The SMILES string of the molecule is O=C(NS(=O)(=O)c1ccc(NC(=S)NC2CC2)cc1)c1ccccc1. The van der Waals surface area contributed by atoms with E-state index in [1.165, 1.54) is 12.1 Å². The Bertz CT molecular complexity index is 877. The molecule has 0 saturated heterocycles. The van der Waals surface area contributed by atoms with Gasteiger partial charge in [0.15, 0.2) is 5.11 Å². The van der Waals surface area contributed by atoms with E-state index >= 15 is 0 Å². The van der Waals surface area contributed by atoms with Crippen molar-refractivity contribution in [1.82, 2.24) is 10.0 Å². The number of sulfonamides is 1. The largest absolute Gasteiger partial charge is 0.360 e. The Labute approximate surface area is 151 Å². The molecule has 1 aliphatic rings. The minimum absolute atomic E-state index is 0.00315. The van der Waals surface area contributed by atoms with Gasteiger partial charge in [-0.2, -0.15) is 0 Å². The lowest BCUT2D eigenvalue weighted by Gasteiger charge is -2.11. The third-order valence-electron chi connectivity index (χ3n) is 3.60. The number of nitrogens with one attached hydrogen (secondary N) is 3. The molecule has 1 saturated carbocycles. The van der Waals surface area contributed by atoms with Crippen LogP contribution < -0.4 is 15.4 Å². The Morgan fingerprint density at radius 2 is 1.64 bits per heavy atom. The monoisotopic (exact) mass is 375 g/mol. The summed E-state index contributed by atoms with van der Waals surface area (Å²) in [5.41, 5.74) is 0.951. The van der Waals surface area contributed by atoms with Gasteiger partial charge in [0.05, 0.1) is 4.90 Å². The number of hydrogen-bond acceptors (Lipinski definition) is 4. The Hall–Kier alpha value is -2.45. The molecule has 3 rings (SSSR count). The summed E-state index contributed by atoms with van der Waals surface area (Å²) in [4.78, 5) is 12.0. The van der Waals surface area contributed by atoms with Gasteiger partial charge in [-0.15, -0.1) is 0 Å². The van der Waals surface area contributed by atoms with E-state index in [0.717, 1.165) is 12.8 Å². The number of amides is 1. The molecule has 0 aliphatic heterocycles. The van der Waals surface area contributed by atoms with E-state index in [4.69, 9.17) is 12.2 Å². The minimum atomic E-state index is -3.94. The van der Waals surface area contributed by atoms with Crippen molar-refractivity contribution in [1.29, 1.82) is 0 Å². The molecule has 0 radical (unpaired) electrons. The van der Waals surface area contributed by atoms with Crippen LogP contribution in [0.5, 0.6) is 0 Å². The number of hydrogen-bond donors (Lipinski definition) is 3. The zero-order valence-corrected chi connectivity index (χ0v) is 14.9. The van der Waals surface area contributed by atoms with Gasteiger partial charge in [0.1, 0.15) is 0 Å². The van der Waals surface area contributed by atoms with Gasteiger partial charge in [-0.1, -0.05) is 18.2 Å². The number of benzene rings is 2. The Kier molecular flexibility index (Phi) is 5.00. The standard InChI is InChI=1S/C17H17N3O3S2/c21-16(12-4-2-1-3-5-12)20-25(22,23)15-10-8-14(9-11-15)19-17(24)18-13-6-7-13/h1-5,8-11,13H,6-7H2,(H,20,21)(H2,18,19,24). The first-order valence-corrected chi connectivity index (χ1v) is 9.63. The van der Waals surface area contributed by atoms with E-state index in [9.17, 15) is 13.2 Å². The Morgan fingerprint density at radius 1 is 1.00 bits per heavy atom. The summed E-state index contributed by atoms with van der Waals surface area (Å²) in [6.45, 7) is 0. The lowest BCUT2D eigenvalue weighted by molar-refractivity contribution is 0.0981. The van der Waals surface area contributed by atoms with Gasteiger partial charge in [-0.3, -0.25) is 4.79 Å². The fourth-order valence-electron chi connectivity index (χ4n) is 2.13. The number of rotatable bonds is 5. The second kappa shape index (κ2) is 7.20. The highest BCUT2D eigenvalue weighted by molar-refractivity contribution is 7.90. The van der Waals surface area contributed by atoms with E-state index < -0.39 is 15.9 Å². The fourth-order valence-corrected chi connectivity index (χ4v) is 3.39. The molecule has 0 spiro atoms. The van der Waals surface area contributed by atoms with Crippen LogP contribution in [0.25, 0.3) is 0 Å². The normalized spacial score (nSPS) is 13.8. The van der Waals surface area contributed by atoms with Crippen molar-refractivity contribution in [3.63, 3.8) is 0 Å². The summed E-state index contributed by atoms with van der Waals surface area (Å²) in [5, 5.41) is 6.64. The van der Waals surface area contributed by atoms with E-state index in [2.05, 4.69) is 15.4 Å². The molecule has 1 amide bonds. The lowest BCUT2D eigenvalue weighted by Crippen LogP contribution is -2.31. The molecule has 0 unspecified atom stereocenters. The van der Waals surface area contributed by atoms with Crippen LogP contribution >= 0.6 is 12.2 Å². The summed E-state index contributed by atoms with van der Waals surface area (Å²) in [5.74, 6) is -0.669. The van der Waals surface area contributed by atoms with Crippen molar-refractivity contribution in [2.75, 3.05) is 5.32 Å². The van der Waals surface area contributed by atoms with Crippen LogP contribution in [0, 0.1) is 0 Å². The van der Waals surface area contributed by atoms with Crippen LogP contribution in [0.4, 0.5) is 5.69 Å². The van der Waals surface area contributed by atoms with Crippen molar-refractivity contribution in [3.05, 3.63) is 60.2 Å². The molecule has 8 heteroatoms. The fraction of sp³-hybridized carbons (Fsp3) is 0.176. The van der Waals surface area contributed by atoms with E-state index in [1.807, 2.05) is 0 Å². The topological polar surface area (TPSA) is 87.3 Å². The second-order valence-electron chi connectivity index (χ2n) is 5.70. The number of thiocarbonyl (C=S) groups is 1. The molecule has 3 N–H and O–H groups in total. The predicted octanol–water partition coefficient (Wildman–Crippen LogP) is 2.25. The molecule has 130 valence electrons. The lowest BCUT2D eigenvalue weighted by atomic mass is 10.2. The Balaban J connectivity index is 1.65. The molecule has 1 fully saturated rings. The highest BCUT2D eigenvalue weighted by Crippen LogP contribution is 2.19. The number of anilines is 1. The van der Waals surface area contributed by atoms with Crippen molar-refractivity contribution >= 4 is 38.9 Å². The van der Waals surface area contributed by atoms with Gasteiger partial charge in [-0.25, -0.2) is 13.1 Å². The average Bonchev–Trinajstić information content (AvgIpc) is 3.39. The van der Waals surface area contributed by atoms with Crippen LogP contribution in [0.2, 0.25) is 0 Å². The molecular formula is C17H17N3O3S2. The van der Waals surface area contributed by atoms with Crippen LogP contribution in [0.1, 0.15) is 23.2 Å². The van der Waals surface area contributed by atoms with E-state index in [0.29, 0.717) is 16.8 Å². The van der Waals surface area contributed by atoms with Gasteiger partial charge in [0, 0.05) is 17.3 Å². The summed E-state index contributed by atoms with van der Waals surface area (Å²) in [7, 11) is -3.94. The maximum Gasteiger partial charge on any atom is 0.264 e. The molecule has 0 atom stereocenters. The molecule has 1 aliphatic carbocycles. The zero-order valence-electron chi connectivity index (χ0n) is 13.2.